The second kappa shape index (κ2) is 5.93. The van der Waals surface area contributed by atoms with Gasteiger partial charge in [-0.3, -0.25) is 4.79 Å². The Morgan fingerprint density at radius 3 is 2.96 bits per heavy atom. The Morgan fingerprint density at radius 1 is 1.23 bits per heavy atom. The van der Waals surface area contributed by atoms with E-state index in [0.717, 1.165) is 54.3 Å². The number of nitrogens with one attached hydrogen (secondary N) is 2. The van der Waals surface area contributed by atoms with Gasteiger partial charge in [0.25, 0.3) is 0 Å². The first-order chi connectivity index (χ1) is 12.7. The number of nitrogens with zero attached hydrogens (tertiary/aromatic N) is 4. The van der Waals surface area contributed by atoms with Crippen molar-refractivity contribution in [2.24, 2.45) is 5.92 Å². The van der Waals surface area contributed by atoms with E-state index in [4.69, 9.17) is 0 Å². The molecular weight excluding hydrogens is 328 g/mol. The summed E-state index contributed by atoms with van der Waals surface area (Å²) < 4.78 is 0. The summed E-state index contributed by atoms with van der Waals surface area (Å²) in [7, 11) is 0. The van der Waals surface area contributed by atoms with E-state index in [0.29, 0.717) is 17.7 Å². The highest BCUT2D eigenvalue weighted by molar-refractivity contribution is 6.08. The van der Waals surface area contributed by atoms with Crippen LogP contribution < -0.4 is 10.2 Å². The third kappa shape index (κ3) is 2.58. The summed E-state index contributed by atoms with van der Waals surface area (Å²) in [6, 6.07) is 4.83. The number of carbonyl (C=O) groups is 1. The van der Waals surface area contributed by atoms with Crippen molar-refractivity contribution in [3.8, 4) is 0 Å². The lowest BCUT2D eigenvalue weighted by Crippen LogP contribution is -2.47. The van der Waals surface area contributed by atoms with Gasteiger partial charge in [0, 0.05) is 36.4 Å². The van der Waals surface area contributed by atoms with Crippen LogP contribution >= 0.6 is 0 Å². The van der Waals surface area contributed by atoms with Gasteiger partial charge in [-0.05, 0) is 44.7 Å². The second-order valence-electron chi connectivity index (χ2n) is 7.53. The molecule has 0 bridgehead atoms. The molecule has 2 atom stereocenters. The molecule has 1 aliphatic carbocycles. The van der Waals surface area contributed by atoms with E-state index in [1.165, 1.54) is 0 Å². The van der Waals surface area contributed by atoms with E-state index in [-0.39, 0.29) is 11.8 Å². The maximum atomic E-state index is 12.6. The average molecular weight is 350 g/mol. The van der Waals surface area contributed by atoms with Crippen molar-refractivity contribution >= 4 is 33.7 Å². The molecule has 0 aromatic carbocycles. The third-order valence-corrected chi connectivity index (χ3v) is 5.63. The van der Waals surface area contributed by atoms with Crippen LogP contribution in [0.3, 0.4) is 0 Å². The molecule has 2 unspecified atom stereocenters. The van der Waals surface area contributed by atoms with Crippen LogP contribution in [0.1, 0.15) is 32.6 Å². The topological polar surface area (TPSA) is 86.8 Å². The maximum Gasteiger partial charge on any atom is 0.225 e. The first-order valence-electron chi connectivity index (χ1n) is 9.36. The van der Waals surface area contributed by atoms with Gasteiger partial charge in [-0.25, -0.2) is 4.98 Å². The highest BCUT2D eigenvalue weighted by Crippen LogP contribution is 2.35. The van der Waals surface area contributed by atoms with E-state index < -0.39 is 0 Å². The molecule has 2 fully saturated rings. The minimum atomic E-state index is 0.0338. The summed E-state index contributed by atoms with van der Waals surface area (Å²) in [6.07, 6.45) is 7.85. The quantitative estimate of drug-likeness (QED) is 0.757. The predicted octanol–water partition coefficient (Wildman–Crippen LogP) is 2.39. The fraction of sp³-hybridized carbons (Fsp3) is 0.474. The Hall–Kier alpha value is -2.70. The predicted molar refractivity (Wildman–Crippen MR) is 99.9 cm³/mol. The number of H-pyrrole nitrogens is 1. The van der Waals surface area contributed by atoms with Crippen molar-refractivity contribution < 1.29 is 4.79 Å². The monoisotopic (exact) mass is 350 g/mol. The minimum Gasteiger partial charge on any atom is -0.367 e. The smallest absolute Gasteiger partial charge is 0.225 e. The lowest BCUT2D eigenvalue weighted by Gasteiger charge is -2.39. The molecule has 2 aliphatic rings. The standard InChI is InChI=1S/C19H22N6O/c1-11-2-3-12(19(26)22-13-4-5-13)10-25(11)15-7-9-21-18-16(15)14-6-8-20-17(14)23-24-18/h6-9,11-13H,2-5,10H2,1H3,(H,20,23)(H,22,26). The Morgan fingerprint density at radius 2 is 2.12 bits per heavy atom. The van der Waals surface area contributed by atoms with Crippen LogP contribution in [0.4, 0.5) is 5.69 Å². The molecule has 1 amide bonds. The molecule has 26 heavy (non-hydrogen) atoms. The molecule has 0 spiro atoms. The van der Waals surface area contributed by atoms with Crippen LogP contribution in [0.5, 0.6) is 0 Å². The van der Waals surface area contributed by atoms with Gasteiger partial charge in [0.05, 0.1) is 17.0 Å². The second-order valence-corrected chi connectivity index (χ2v) is 7.53. The zero-order valence-corrected chi connectivity index (χ0v) is 14.8. The van der Waals surface area contributed by atoms with Crippen molar-refractivity contribution in [1.82, 2.24) is 25.5 Å². The first kappa shape index (κ1) is 15.5. The van der Waals surface area contributed by atoms with Crippen molar-refractivity contribution in [3.63, 3.8) is 0 Å². The zero-order valence-electron chi connectivity index (χ0n) is 14.8. The minimum absolute atomic E-state index is 0.0338. The number of aromatic nitrogens is 4. The van der Waals surface area contributed by atoms with Gasteiger partial charge in [-0.1, -0.05) is 0 Å². The third-order valence-electron chi connectivity index (χ3n) is 5.63. The van der Waals surface area contributed by atoms with Gasteiger partial charge in [0.2, 0.25) is 5.91 Å². The number of aromatic amines is 1. The Bertz CT molecular complexity index is 978. The molecule has 3 aromatic heterocycles. The zero-order chi connectivity index (χ0) is 17.7. The Balaban J connectivity index is 1.54. The Kier molecular flexibility index (Phi) is 3.55. The van der Waals surface area contributed by atoms with Gasteiger partial charge >= 0.3 is 0 Å². The van der Waals surface area contributed by atoms with Crippen molar-refractivity contribution in [2.75, 3.05) is 11.4 Å². The molecule has 7 heteroatoms. The molecule has 2 N–H and O–H groups in total. The molecule has 1 aliphatic heterocycles. The first-order valence-corrected chi connectivity index (χ1v) is 9.36. The number of anilines is 1. The number of fused-ring (bicyclic) bond motifs is 3. The van der Waals surface area contributed by atoms with Crippen LogP contribution in [0, 0.1) is 5.92 Å². The lowest BCUT2D eigenvalue weighted by molar-refractivity contribution is -0.125. The van der Waals surface area contributed by atoms with Crippen molar-refractivity contribution in [3.05, 3.63) is 24.5 Å². The lowest BCUT2D eigenvalue weighted by atomic mass is 9.91. The fourth-order valence-corrected chi connectivity index (χ4v) is 3.96. The van der Waals surface area contributed by atoms with E-state index in [1.807, 2.05) is 18.3 Å². The molecule has 0 radical (unpaired) electrons. The highest BCUT2D eigenvalue weighted by Gasteiger charge is 2.33. The summed E-state index contributed by atoms with van der Waals surface area (Å²) in [6.45, 7) is 2.96. The Labute approximate surface area is 151 Å². The van der Waals surface area contributed by atoms with Crippen LogP contribution in [-0.2, 0) is 4.79 Å². The van der Waals surface area contributed by atoms with E-state index in [2.05, 4.69) is 37.3 Å². The highest BCUT2D eigenvalue weighted by atomic mass is 16.2. The summed E-state index contributed by atoms with van der Waals surface area (Å²) in [5, 5.41) is 13.7. The normalized spacial score (nSPS) is 23.5. The number of pyridine rings is 1. The van der Waals surface area contributed by atoms with Gasteiger partial charge in [-0.2, -0.15) is 0 Å². The largest absolute Gasteiger partial charge is 0.367 e. The molecule has 5 rings (SSSR count). The average Bonchev–Trinajstić information content (AvgIpc) is 3.33. The molecule has 3 aromatic rings. The van der Waals surface area contributed by atoms with E-state index >= 15 is 0 Å². The van der Waals surface area contributed by atoms with Gasteiger partial charge in [0.15, 0.2) is 11.3 Å². The number of hydrogen-bond acceptors (Lipinski definition) is 5. The summed E-state index contributed by atoms with van der Waals surface area (Å²) >= 11 is 0. The van der Waals surface area contributed by atoms with Crippen molar-refractivity contribution in [1.29, 1.82) is 0 Å². The molecule has 134 valence electrons. The summed E-state index contributed by atoms with van der Waals surface area (Å²) in [5.41, 5.74) is 2.50. The van der Waals surface area contributed by atoms with Gasteiger partial charge in [0.1, 0.15) is 0 Å². The van der Waals surface area contributed by atoms with Crippen LogP contribution in [0.15, 0.2) is 24.5 Å². The molecule has 1 saturated carbocycles. The van der Waals surface area contributed by atoms with E-state index in [9.17, 15) is 4.79 Å². The van der Waals surface area contributed by atoms with Crippen LogP contribution in [-0.4, -0.2) is 44.7 Å². The fourth-order valence-electron chi connectivity index (χ4n) is 3.96. The number of piperidine rings is 1. The molecule has 4 heterocycles. The summed E-state index contributed by atoms with van der Waals surface area (Å²) in [4.78, 5) is 22.5. The number of carbonyl (C=O) groups excluding carboxylic acids is 1. The number of amides is 1. The molecular formula is C19H22N6O. The summed E-state index contributed by atoms with van der Waals surface area (Å²) in [5.74, 6) is 0.237. The van der Waals surface area contributed by atoms with Crippen LogP contribution in [0.25, 0.3) is 22.1 Å². The van der Waals surface area contributed by atoms with E-state index in [1.54, 1.807) is 6.20 Å². The SMILES string of the molecule is CC1CCC(C(=O)NC2CC2)CN1c1ccnc2nnc3[nH]ccc3c12. The number of rotatable bonds is 3. The molecule has 7 nitrogen and oxygen atoms in total. The van der Waals surface area contributed by atoms with Gasteiger partial charge < -0.3 is 15.2 Å². The van der Waals surface area contributed by atoms with Crippen molar-refractivity contribution in [2.45, 2.75) is 44.7 Å². The molecule has 1 saturated heterocycles. The van der Waals surface area contributed by atoms with Gasteiger partial charge in [-0.15, -0.1) is 10.2 Å². The van der Waals surface area contributed by atoms with Crippen LogP contribution in [0.2, 0.25) is 0 Å². The number of hydrogen-bond donors (Lipinski definition) is 2. The maximum absolute atomic E-state index is 12.6.